The molecule has 8 atom stereocenters. The number of carbonyl (C=O) groups is 2. The maximum absolute atomic E-state index is 13.0. The van der Waals surface area contributed by atoms with Gasteiger partial charge in [0.25, 0.3) is 0 Å². The van der Waals surface area contributed by atoms with E-state index in [2.05, 4.69) is 39.0 Å². The molecule has 11 heteroatoms. The van der Waals surface area contributed by atoms with E-state index >= 15 is 0 Å². The summed E-state index contributed by atoms with van der Waals surface area (Å²) in [4.78, 5) is 36.5. The Bertz CT molecular complexity index is 1130. The van der Waals surface area contributed by atoms with Crippen LogP contribution in [0.3, 0.4) is 0 Å². The fourth-order valence-corrected chi connectivity index (χ4v) is 7.97. The average Bonchev–Trinajstić information content (AvgIpc) is 3.64. The predicted octanol–water partition coefficient (Wildman–Crippen LogP) is 0.816. The van der Waals surface area contributed by atoms with Crippen molar-refractivity contribution in [2.24, 2.45) is 32.7 Å². The number of hydrogen-bond donors (Lipinski definition) is 4. The molecule has 0 radical (unpaired) electrons. The van der Waals surface area contributed by atoms with Gasteiger partial charge in [0, 0.05) is 36.8 Å². The Morgan fingerprint density at radius 3 is 2.71 bits per heavy atom. The molecule has 3 heterocycles. The van der Waals surface area contributed by atoms with E-state index in [0.29, 0.717) is 38.2 Å². The lowest BCUT2D eigenvalue weighted by molar-refractivity contribution is -0.163. The van der Waals surface area contributed by atoms with Crippen LogP contribution in [0, 0.1) is 22.7 Å². The number of ether oxygens (including phenoxy) is 2. The number of esters is 1. The van der Waals surface area contributed by atoms with Gasteiger partial charge < -0.3 is 19.7 Å². The van der Waals surface area contributed by atoms with Gasteiger partial charge in [-0.15, -0.1) is 0 Å². The maximum Gasteiger partial charge on any atom is 0.335 e. The van der Waals surface area contributed by atoms with Crippen LogP contribution in [0.5, 0.6) is 0 Å². The first-order chi connectivity index (χ1) is 19.6. The van der Waals surface area contributed by atoms with E-state index in [1.807, 2.05) is 6.92 Å². The number of morpholine rings is 1. The largest absolute Gasteiger partial charge is 0.458 e. The minimum absolute atomic E-state index is 0.0243. The first kappa shape index (κ1) is 30.0. The molecule has 1 saturated heterocycles. The van der Waals surface area contributed by atoms with Gasteiger partial charge in [-0.1, -0.05) is 26.0 Å². The van der Waals surface area contributed by atoms with Crippen LogP contribution >= 0.6 is 0 Å². The zero-order valence-corrected chi connectivity index (χ0v) is 24.5. The summed E-state index contributed by atoms with van der Waals surface area (Å²) in [6.45, 7) is 14.1. The van der Waals surface area contributed by atoms with Crippen molar-refractivity contribution in [3.8, 4) is 0 Å². The second-order valence-corrected chi connectivity index (χ2v) is 12.7. The molecule has 5 unspecified atom stereocenters. The number of amides is 1. The van der Waals surface area contributed by atoms with Crippen LogP contribution in [-0.4, -0.2) is 109 Å². The molecule has 0 aromatic rings. The lowest BCUT2D eigenvalue weighted by Crippen LogP contribution is -2.62. The van der Waals surface area contributed by atoms with Crippen molar-refractivity contribution in [1.82, 2.24) is 15.5 Å². The number of aliphatic imine (C=N–C) groups is 2. The second-order valence-electron chi connectivity index (χ2n) is 12.7. The molecule has 2 saturated carbocycles. The van der Waals surface area contributed by atoms with Crippen molar-refractivity contribution in [2.75, 3.05) is 46.1 Å². The van der Waals surface area contributed by atoms with Gasteiger partial charge in [-0.2, -0.15) is 0 Å². The molecule has 3 aliphatic heterocycles. The summed E-state index contributed by atoms with van der Waals surface area (Å²) >= 11 is 0. The Morgan fingerprint density at radius 2 is 2.07 bits per heavy atom. The van der Waals surface area contributed by atoms with Gasteiger partial charge in [0.1, 0.15) is 6.61 Å². The number of hydrogen-bond acceptors (Lipinski definition) is 10. The monoisotopic (exact) mass is 571 g/mol. The van der Waals surface area contributed by atoms with Crippen LogP contribution in [0.4, 0.5) is 0 Å². The summed E-state index contributed by atoms with van der Waals surface area (Å²) in [6.07, 6.45) is 5.51. The SMILES string of the molecule is C=C1C(N2CCOCC2)CC2[C@](C)(CC[C@@H](O)[C@@]2(C)CO)C1CC(NC(C)C(=O)NC1=NCC=N1)C1=CCOC1=O. The Kier molecular flexibility index (Phi) is 8.82. The molecule has 5 aliphatic rings. The molecular weight excluding hydrogens is 526 g/mol. The fraction of sp³-hybridized carbons (Fsp3) is 0.733. The lowest BCUT2D eigenvalue weighted by Gasteiger charge is -2.62. The van der Waals surface area contributed by atoms with Gasteiger partial charge in [0.15, 0.2) is 0 Å². The van der Waals surface area contributed by atoms with Gasteiger partial charge >= 0.3 is 5.97 Å². The summed E-state index contributed by atoms with van der Waals surface area (Å²) in [5.74, 6) is -0.402. The summed E-state index contributed by atoms with van der Waals surface area (Å²) in [5.41, 5.74) is 0.676. The number of nitrogens with one attached hydrogen (secondary N) is 2. The van der Waals surface area contributed by atoms with Gasteiger partial charge in [-0.3, -0.25) is 20.3 Å². The summed E-state index contributed by atoms with van der Waals surface area (Å²) in [5, 5.41) is 28.0. The number of carbonyl (C=O) groups excluding carboxylic acids is 2. The highest BCUT2D eigenvalue weighted by molar-refractivity contribution is 6.04. The molecule has 0 aromatic carbocycles. The van der Waals surface area contributed by atoms with Crippen molar-refractivity contribution in [2.45, 2.75) is 70.7 Å². The zero-order chi connectivity index (χ0) is 29.4. The van der Waals surface area contributed by atoms with Gasteiger partial charge in [0.2, 0.25) is 11.9 Å². The average molecular weight is 572 g/mol. The maximum atomic E-state index is 13.0. The number of rotatable bonds is 8. The number of fused-ring (bicyclic) bond motifs is 1. The Labute approximate surface area is 242 Å². The van der Waals surface area contributed by atoms with Crippen LogP contribution in [0.25, 0.3) is 0 Å². The van der Waals surface area contributed by atoms with Crippen molar-refractivity contribution in [1.29, 1.82) is 0 Å². The first-order valence-corrected chi connectivity index (χ1v) is 14.9. The summed E-state index contributed by atoms with van der Waals surface area (Å²) < 4.78 is 10.9. The molecule has 2 aliphatic carbocycles. The van der Waals surface area contributed by atoms with Crippen LogP contribution in [-0.2, 0) is 19.1 Å². The van der Waals surface area contributed by atoms with Crippen LogP contribution < -0.4 is 10.6 Å². The molecular formula is C30H45N5O6. The van der Waals surface area contributed by atoms with E-state index in [0.717, 1.165) is 31.5 Å². The highest BCUT2D eigenvalue weighted by Gasteiger charge is 2.60. The third-order valence-electron chi connectivity index (χ3n) is 10.5. The van der Waals surface area contributed by atoms with Crippen molar-refractivity contribution >= 4 is 24.1 Å². The van der Waals surface area contributed by atoms with Crippen molar-refractivity contribution in [3.05, 3.63) is 23.8 Å². The molecule has 0 spiro atoms. The summed E-state index contributed by atoms with van der Waals surface area (Å²) in [6, 6.07) is -1.05. The standard InChI is InChI=1S/C30H45N5O6/c1-18-21(15-22(20-6-12-41-27(20)39)33-19(2)26(38)34-28-31-8-9-32-28)29(3)7-5-25(37)30(4,17-36)24(29)16-23(18)35-10-13-40-14-11-35/h6,8,19,21-25,33,36-37H,1,5,7,9-17H2,2-4H3,(H,32,34,38)/t19?,21?,22?,23?,24?,25-,29-,30+/m1/s1. The smallest absolute Gasteiger partial charge is 0.335 e. The topological polar surface area (TPSA) is 145 Å². The van der Waals surface area contributed by atoms with E-state index < -0.39 is 23.6 Å². The normalized spacial score (nSPS) is 37.2. The number of cyclic esters (lactones) is 1. The number of nitrogens with zero attached hydrogens (tertiary/aromatic N) is 3. The van der Waals surface area contributed by atoms with E-state index in [1.54, 1.807) is 19.2 Å². The Hall–Kier alpha value is -2.44. The third kappa shape index (κ3) is 5.67. The lowest BCUT2D eigenvalue weighted by atomic mass is 9.45. The van der Waals surface area contributed by atoms with Crippen LogP contribution in [0.2, 0.25) is 0 Å². The molecule has 5 rings (SSSR count). The molecule has 226 valence electrons. The predicted molar refractivity (Wildman–Crippen MR) is 154 cm³/mol. The van der Waals surface area contributed by atoms with E-state index in [-0.39, 0.29) is 54.3 Å². The summed E-state index contributed by atoms with van der Waals surface area (Å²) in [7, 11) is 0. The molecule has 1 amide bonds. The Morgan fingerprint density at radius 1 is 1.32 bits per heavy atom. The minimum Gasteiger partial charge on any atom is -0.458 e. The second kappa shape index (κ2) is 12.0. The van der Waals surface area contributed by atoms with Gasteiger partial charge in [-0.05, 0) is 55.9 Å². The Balaban J connectivity index is 1.46. The van der Waals surface area contributed by atoms with E-state index in [4.69, 9.17) is 9.47 Å². The first-order valence-electron chi connectivity index (χ1n) is 14.9. The van der Waals surface area contributed by atoms with Crippen LogP contribution in [0.1, 0.15) is 46.5 Å². The fourth-order valence-electron chi connectivity index (χ4n) is 7.97. The van der Waals surface area contributed by atoms with Crippen molar-refractivity contribution < 1.29 is 29.3 Å². The quantitative estimate of drug-likeness (QED) is 0.248. The number of guanidine groups is 1. The molecule has 11 nitrogen and oxygen atoms in total. The van der Waals surface area contributed by atoms with E-state index in [9.17, 15) is 19.8 Å². The zero-order valence-electron chi connectivity index (χ0n) is 24.5. The number of aliphatic hydroxyl groups excluding tert-OH is 2. The molecule has 3 fully saturated rings. The van der Waals surface area contributed by atoms with Crippen LogP contribution in [0.15, 0.2) is 33.8 Å². The highest BCUT2D eigenvalue weighted by Crippen LogP contribution is 2.62. The van der Waals surface area contributed by atoms with Gasteiger partial charge in [0.05, 0.1) is 44.1 Å². The molecule has 0 bridgehead atoms. The highest BCUT2D eigenvalue weighted by atomic mass is 16.5. The number of aliphatic hydroxyl groups is 2. The van der Waals surface area contributed by atoms with Crippen molar-refractivity contribution in [3.63, 3.8) is 0 Å². The molecule has 4 N–H and O–H groups in total. The molecule has 0 aromatic heterocycles. The van der Waals surface area contributed by atoms with Gasteiger partial charge in [-0.25, -0.2) is 14.8 Å². The minimum atomic E-state index is -0.666. The van der Waals surface area contributed by atoms with E-state index in [1.165, 1.54) is 0 Å². The molecule has 41 heavy (non-hydrogen) atoms. The third-order valence-corrected chi connectivity index (χ3v) is 10.5.